The van der Waals surface area contributed by atoms with Crippen molar-refractivity contribution in [1.29, 1.82) is 0 Å². The summed E-state index contributed by atoms with van der Waals surface area (Å²) in [5.74, 6) is -0.942. The molecule has 1 aliphatic heterocycles. The Labute approximate surface area is 145 Å². The molecule has 2 heterocycles. The SMILES string of the molecule is O=C(NCc1ccc(F)cc1)C1CCCN(S(=O)(=O)c2cnc[nH]2)C1. The second-order valence-electron chi connectivity index (χ2n) is 5.96. The van der Waals surface area contributed by atoms with Gasteiger partial charge in [-0.2, -0.15) is 4.31 Å². The highest BCUT2D eigenvalue weighted by molar-refractivity contribution is 7.89. The van der Waals surface area contributed by atoms with Crippen molar-refractivity contribution in [2.75, 3.05) is 13.1 Å². The Hall–Kier alpha value is -2.26. The van der Waals surface area contributed by atoms with Crippen LogP contribution in [0.2, 0.25) is 0 Å². The molecule has 9 heteroatoms. The van der Waals surface area contributed by atoms with Gasteiger partial charge in [0, 0.05) is 19.6 Å². The van der Waals surface area contributed by atoms with Crippen LogP contribution >= 0.6 is 0 Å². The molecular weight excluding hydrogens is 347 g/mol. The number of aromatic nitrogens is 2. The first-order chi connectivity index (χ1) is 12.0. The lowest BCUT2D eigenvalue weighted by Gasteiger charge is -2.30. The van der Waals surface area contributed by atoms with Gasteiger partial charge in [0.2, 0.25) is 5.91 Å². The molecule has 3 rings (SSSR count). The normalized spacial score (nSPS) is 18.8. The van der Waals surface area contributed by atoms with Crippen molar-refractivity contribution in [1.82, 2.24) is 19.6 Å². The number of nitrogens with zero attached hydrogens (tertiary/aromatic N) is 2. The summed E-state index contributed by atoms with van der Waals surface area (Å²) in [5.41, 5.74) is 0.785. The molecule has 0 bridgehead atoms. The second-order valence-corrected chi connectivity index (χ2v) is 7.87. The van der Waals surface area contributed by atoms with Crippen LogP contribution < -0.4 is 5.32 Å². The van der Waals surface area contributed by atoms with Gasteiger partial charge >= 0.3 is 0 Å². The van der Waals surface area contributed by atoms with Crippen molar-refractivity contribution in [3.05, 3.63) is 48.2 Å². The number of hydrogen-bond donors (Lipinski definition) is 2. The Balaban J connectivity index is 1.61. The van der Waals surface area contributed by atoms with Crippen LogP contribution in [-0.4, -0.2) is 41.7 Å². The van der Waals surface area contributed by atoms with Crippen LogP contribution in [0.4, 0.5) is 4.39 Å². The molecule has 0 aliphatic carbocycles. The maximum Gasteiger partial charge on any atom is 0.260 e. The molecule has 134 valence electrons. The molecule has 1 aliphatic rings. The van der Waals surface area contributed by atoms with Gasteiger partial charge in [0.1, 0.15) is 5.82 Å². The van der Waals surface area contributed by atoms with E-state index in [9.17, 15) is 17.6 Å². The number of rotatable bonds is 5. The van der Waals surface area contributed by atoms with E-state index in [4.69, 9.17) is 0 Å². The van der Waals surface area contributed by atoms with Crippen LogP contribution in [0.1, 0.15) is 18.4 Å². The van der Waals surface area contributed by atoms with E-state index in [1.165, 1.54) is 29.0 Å². The zero-order chi connectivity index (χ0) is 17.9. The van der Waals surface area contributed by atoms with Gasteiger partial charge in [-0.05, 0) is 30.5 Å². The summed E-state index contributed by atoms with van der Waals surface area (Å²) in [6.07, 6.45) is 3.81. The number of aromatic amines is 1. The van der Waals surface area contributed by atoms with Crippen molar-refractivity contribution in [3.8, 4) is 0 Å². The van der Waals surface area contributed by atoms with Crippen LogP contribution in [-0.2, 0) is 21.4 Å². The Morgan fingerprint density at radius 3 is 2.80 bits per heavy atom. The number of piperidine rings is 1. The van der Waals surface area contributed by atoms with Crippen molar-refractivity contribution in [2.45, 2.75) is 24.4 Å². The maximum atomic E-state index is 12.9. The molecule has 7 nitrogen and oxygen atoms in total. The predicted molar refractivity (Wildman–Crippen MR) is 88.3 cm³/mol. The van der Waals surface area contributed by atoms with Crippen molar-refractivity contribution < 1.29 is 17.6 Å². The number of hydrogen-bond acceptors (Lipinski definition) is 4. The molecule has 0 spiro atoms. The number of sulfonamides is 1. The molecule has 25 heavy (non-hydrogen) atoms. The van der Waals surface area contributed by atoms with Crippen molar-refractivity contribution in [2.24, 2.45) is 5.92 Å². The van der Waals surface area contributed by atoms with Gasteiger partial charge in [-0.3, -0.25) is 4.79 Å². The zero-order valence-electron chi connectivity index (χ0n) is 13.5. The van der Waals surface area contributed by atoms with Gasteiger partial charge in [-0.15, -0.1) is 0 Å². The zero-order valence-corrected chi connectivity index (χ0v) is 14.3. The molecule has 2 aromatic rings. The number of H-pyrrole nitrogens is 1. The van der Waals surface area contributed by atoms with E-state index >= 15 is 0 Å². The molecule has 1 fully saturated rings. The fourth-order valence-corrected chi connectivity index (χ4v) is 4.25. The smallest absolute Gasteiger partial charge is 0.260 e. The number of nitrogens with one attached hydrogen (secondary N) is 2. The third-order valence-corrected chi connectivity index (χ3v) is 6.02. The number of halogens is 1. The van der Waals surface area contributed by atoms with Crippen LogP contribution in [0.25, 0.3) is 0 Å². The summed E-state index contributed by atoms with van der Waals surface area (Å²) in [6.45, 7) is 0.794. The van der Waals surface area contributed by atoms with Gasteiger partial charge in [-0.25, -0.2) is 17.8 Å². The lowest BCUT2D eigenvalue weighted by atomic mass is 9.99. The minimum absolute atomic E-state index is 0.0277. The summed E-state index contributed by atoms with van der Waals surface area (Å²) in [4.78, 5) is 18.7. The highest BCUT2D eigenvalue weighted by atomic mass is 32.2. The molecular formula is C16H19FN4O3S. The topological polar surface area (TPSA) is 95.2 Å². The first-order valence-electron chi connectivity index (χ1n) is 7.97. The van der Waals surface area contributed by atoms with E-state index in [0.29, 0.717) is 19.4 Å². The van der Waals surface area contributed by atoms with E-state index in [1.54, 1.807) is 12.1 Å². The lowest BCUT2D eigenvalue weighted by Crippen LogP contribution is -2.45. The van der Waals surface area contributed by atoms with E-state index in [1.807, 2.05) is 0 Å². The highest BCUT2D eigenvalue weighted by Crippen LogP contribution is 2.22. The maximum absolute atomic E-state index is 12.9. The fraction of sp³-hybridized carbons (Fsp3) is 0.375. The van der Waals surface area contributed by atoms with Gasteiger partial charge in [0.25, 0.3) is 10.0 Å². The third-order valence-electron chi connectivity index (χ3n) is 4.23. The van der Waals surface area contributed by atoms with Gasteiger partial charge in [-0.1, -0.05) is 12.1 Å². The summed E-state index contributed by atoms with van der Waals surface area (Å²) in [7, 11) is -3.66. The molecule has 1 aromatic heterocycles. The molecule has 1 atom stereocenters. The number of amides is 1. The van der Waals surface area contributed by atoms with Crippen LogP contribution in [0.5, 0.6) is 0 Å². The van der Waals surface area contributed by atoms with E-state index in [-0.39, 0.29) is 29.8 Å². The van der Waals surface area contributed by atoms with Crippen molar-refractivity contribution in [3.63, 3.8) is 0 Å². The Morgan fingerprint density at radius 2 is 2.12 bits per heavy atom. The van der Waals surface area contributed by atoms with Gasteiger partial charge in [0.15, 0.2) is 5.03 Å². The largest absolute Gasteiger partial charge is 0.352 e. The van der Waals surface area contributed by atoms with Crippen LogP contribution in [0.3, 0.4) is 0 Å². The average molecular weight is 366 g/mol. The van der Waals surface area contributed by atoms with Gasteiger partial charge < -0.3 is 10.3 Å². The molecule has 1 aromatic carbocycles. The number of imidazole rings is 1. The summed E-state index contributed by atoms with van der Waals surface area (Å²) >= 11 is 0. The molecule has 1 unspecified atom stereocenters. The van der Waals surface area contributed by atoms with E-state index in [2.05, 4.69) is 15.3 Å². The number of carbonyl (C=O) groups is 1. The molecule has 0 radical (unpaired) electrons. The average Bonchev–Trinajstić information content (AvgIpc) is 3.16. The number of carbonyl (C=O) groups excluding carboxylic acids is 1. The minimum atomic E-state index is -3.66. The second kappa shape index (κ2) is 7.32. The molecule has 2 N–H and O–H groups in total. The fourth-order valence-electron chi connectivity index (χ4n) is 2.83. The predicted octanol–water partition coefficient (Wildman–Crippen LogP) is 1.27. The van der Waals surface area contributed by atoms with E-state index < -0.39 is 15.9 Å². The summed E-state index contributed by atoms with van der Waals surface area (Å²) < 4.78 is 39.2. The summed E-state index contributed by atoms with van der Waals surface area (Å²) in [6, 6.07) is 5.87. The quantitative estimate of drug-likeness (QED) is 0.833. The first kappa shape index (κ1) is 17.6. The Kier molecular flexibility index (Phi) is 5.14. The first-order valence-corrected chi connectivity index (χ1v) is 9.41. The molecule has 1 saturated heterocycles. The van der Waals surface area contributed by atoms with Gasteiger partial charge in [0.05, 0.1) is 18.4 Å². The third kappa shape index (κ3) is 4.05. The minimum Gasteiger partial charge on any atom is -0.352 e. The molecule has 0 saturated carbocycles. The number of benzene rings is 1. The molecule has 1 amide bonds. The van der Waals surface area contributed by atoms with Crippen LogP contribution in [0.15, 0.2) is 41.8 Å². The Morgan fingerprint density at radius 1 is 1.36 bits per heavy atom. The summed E-state index contributed by atoms with van der Waals surface area (Å²) in [5, 5.41) is 2.82. The van der Waals surface area contributed by atoms with E-state index in [0.717, 1.165) is 5.56 Å². The standard InChI is InChI=1S/C16H19FN4O3S/c17-14-5-3-12(4-6-14)8-19-16(22)13-2-1-7-21(10-13)25(23,24)15-9-18-11-20-15/h3-6,9,11,13H,1-2,7-8,10H2,(H,18,20)(H,19,22). The van der Waals surface area contributed by atoms with Crippen molar-refractivity contribution >= 4 is 15.9 Å². The van der Waals surface area contributed by atoms with Crippen LogP contribution in [0, 0.1) is 11.7 Å². The monoisotopic (exact) mass is 366 g/mol. The lowest BCUT2D eigenvalue weighted by molar-refractivity contribution is -0.126. The Bertz CT molecular complexity index is 822. The highest BCUT2D eigenvalue weighted by Gasteiger charge is 2.33.